The summed E-state index contributed by atoms with van der Waals surface area (Å²) in [5.74, 6) is -5.67. The number of carbonyl (C=O) groups excluding carboxylic acids is 2. The second-order valence-electron chi connectivity index (χ2n) is 13.1. The number of carboxylic acids is 1. The van der Waals surface area contributed by atoms with Gasteiger partial charge < -0.3 is 24.8 Å². The van der Waals surface area contributed by atoms with E-state index in [0.29, 0.717) is 6.42 Å². The van der Waals surface area contributed by atoms with Crippen LogP contribution in [0.4, 0.5) is 8.78 Å². The van der Waals surface area contributed by atoms with Crippen molar-refractivity contribution >= 4 is 29.1 Å². The first kappa shape index (κ1) is 29.8. The first-order valence-corrected chi connectivity index (χ1v) is 14.3. The summed E-state index contributed by atoms with van der Waals surface area (Å²) >= 11 is 6.16. The molecule has 0 radical (unpaired) electrons. The molecule has 0 aromatic rings. The first-order chi connectivity index (χ1) is 18.4. The van der Waals surface area contributed by atoms with Crippen molar-refractivity contribution in [1.29, 1.82) is 0 Å². The number of allylic oxidation sites excluding steroid dienone is 4. The molecule has 5 aliphatic rings. The minimum Gasteiger partial charge on any atom is -0.479 e. The zero-order valence-electron chi connectivity index (χ0n) is 23.1. The number of Topliss-reactive ketones (excluding diaryl/α,β-unsaturated/α-hetero) is 1. The summed E-state index contributed by atoms with van der Waals surface area (Å²) in [6.07, 6.45) is -4.00. The number of fused-ring (bicyclic) bond motifs is 6. The molecular weight excluding hydrogens is 550 g/mol. The van der Waals surface area contributed by atoms with E-state index in [1.54, 1.807) is 13.8 Å². The van der Waals surface area contributed by atoms with Gasteiger partial charge in [-0.05, 0) is 89.4 Å². The van der Waals surface area contributed by atoms with Gasteiger partial charge in [0.05, 0.1) is 11.1 Å². The summed E-state index contributed by atoms with van der Waals surface area (Å²) in [5, 5.41) is 30.9. The molecule has 1 aliphatic heterocycles. The lowest BCUT2D eigenvalue weighted by Gasteiger charge is -2.62. The fourth-order valence-corrected chi connectivity index (χ4v) is 8.95. The summed E-state index contributed by atoms with van der Waals surface area (Å²) in [6, 6.07) is 0. The second-order valence-corrected chi connectivity index (χ2v) is 13.5. The third-order valence-electron chi connectivity index (χ3n) is 10.7. The van der Waals surface area contributed by atoms with Crippen LogP contribution in [0.15, 0.2) is 22.8 Å². The van der Waals surface area contributed by atoms with Crippen LogP contribution in [0.5, 0.6) is 0 Å². The van der Waals surface area contributed by atoms with Crippen molar-refractivity contribution < 1.29 is 48.0 Å². The van der Waals surface area contributed by atoms with Crippen molar-refractivity contribution in [3.05, 3.63) is 22.8 Å². The molecule has 3 N–H and O–H groups in total. The van der Waals surface area contributed by atoms with E-state index in [2.05, 4.69) is 0 Å². The molecule has 1 spiro atoms. The summed E-state index contributed by atoms with van der Waals surface area (Å²) in [7, 11) is 0. The molecule has 4 aliphatic carbocycles. The van der Waals surface area contributed by atoms with Crippen molar-refractivity contribution in [1.82, 2.24) is 0 Å². The van der Waals surface area contributed by atoms with Crippen LogP contribution in [-0.4, -0.2) is 74.4 Å². The Morgan fingerprint density at radius 3 is 2.38 bits per heavy atom. The van der Waals surface area contributed by atoms with E-state index in [9.17, 15) is 29.7 Å². The normalized spacial score (nSPS) is 48.9. The number of alkyl halides is 2. The Kier molecular flexibility index (Phi) is 6.99. The number of rotatable bonds is 1. The third kappa shape index (κ3) is 4.00. The van der Waals surface area contributed by atoms with Gasteiger partial charge in [-0.1, -0.05) is 18.5 Å². The lowest BCUT2D eigenvalue weighted by atomic mass is 9.45. The van der Waals surface area contributed by atoms with E-state index in [1.165, 1.54) is 19.9 Å². The molecule has 5 rings (SSSR count). The highest BCUT2D eigenvalue weighted by Crippen LogP contribution is 2.71. The number of aliphatic carboxylic acids is 1. The minimum atomic E-state index is -1.96. The first-order valence-electron chi connectivity index (χ1n) is 13.9. The van der Waals surface area contributed by atoms with Crippen LogP contribution in [0.3, 0.4) is 0 Å². The molecule has 222 valence electrons. The highest BCUT2D eigenvalue weighted by molar-refractivity contribution is 6.44. The highest BCUT2D eigenvalue weighted by Gasteiger charge is 2.74. The van der Waals surface area contributed by atoms with Gasteiger partial charge in [-0.25, -0.2) is 13.6 Å². The van der Waals surface area contributed by atoms with E-state index in [1.807, 2.05) is 0 Å². The van der Waals surface area contributed by atoms with Gasteiger partial charge in [0.15, 0.2) is 23.5 Å². The van der Waals surface area contributed by atoms with Crippen LogP contribution in [0, 0.1) is 22.7 Å². The number of aliphatic hydroxyl groups excluding tert-OH is 2. The number of aliphatic hydroxyl groups is 2. The van der Waals surface area contributed by atoms with Gasteiger partial charge in [0.1, 0.15) is 23.5 Å². The lowest BCUT2D eigenvalue weighted by Crippen LogP contribution is -2.67. The highest BCUT2D eigenvalue weighted by atomic mass is 35.5. The number of carbonyl (C=O) groups is 3. The number of halogens is 3. The molecular formula is C29H37ClF2O8. The predicted octanol–water partition coefficient (Wildman–Crippen LogP) is 3.95. The zero-order valence-corrected chi connectivity index (χ0v) is 23.8. The molecule has 8 nitrogen and oxygen atoms in total. The monoisotopic (exact) mass is 586 g/mol. The number of hydrogen-bond acceptors (Lipinski definition) is 7. The van der Waals surface area contributed by atoms with Crippen molar-refractivity contribution in [3.63, 3.8) is 0 Å². The number of carboxylic acid groups (broad SMARTS) is 1. The van der Waals surface area contributed by atoms with Crippen LogP contribution >= 0.6 is 11.6 Å². The molecule has 1 heterocycles. The molecule has 4 fully saturated rings. The van der Waals surface area contributed by atoms with Crippen molar-refractivity contribution in [2.75, 3.05) is 0 Å². The Hall–Kier alpha value is -1.72. The van der Waals surface area contributed by atoms with Crippen molar-refractivity contribution in [2.24, 2.45) is 22.7 Å². The average Bonchev–Trinajstić information content (AvgIpc) is 3.15. The molecule has 1 saturated heterocycles. The summed E-state index contributed by atoms with van der Waals surface area (Å²) < 4.78 is 45.4. The van der Waals surface area contributed by atoms with Crippen LogP contribution in [-0.2, 0) is 23.9 Å². The van der Waals surface area contributed by atoms with Crippen LogP contribution < -0.4 is 0 Å². The van der Waals surface area contributed by atoms with Gasteiger partial charge in [-0.3, -0.25) is 9.59 Å². The molecule has 3 unspecified atom stereocenters. The zero-order chi connectivity index (χ0) is 29.6. The maximum Gasteiger partial charge on any atom is 0.335 e. The molecule has 40 heavy (non-hydrogen) atoms. The van der Waals surface area contributed by atoms with Gasteiger partial charge in [0.2, 0.25) is 0 Å². The fourth-order valence-electron chi connectivity index (χ4n) is 8.68. The smallest absolute Gasteiger partial charge is 0.335 e. The van der Waals surface area contributed by atoms with E-state index in [-0.39, 0.29) is 49.1 Å². The molecule has 0 aromatic heterocycles. The Bertz CT molecular complexity index is 1200. The molecule has 10 atom stereocenters. The third-order valence-corrected chi connectivity index (χ3v) is 11.0. The Labute approximate surface area is 236 Å². The topological polar surface area (TPSA) is 130 Å². The van der Waals surface area contributed by atoms with Gasteiger partial charge in [-0.15, -0.1) is 0 Å². The van der Waals surface area contributed by atoms with E-state index >= 15 is 8.78 Å². The molecule has 3 saturated carbocycles. The minimum absolute atomic E-state index is 0.0752. The Morgan fingerprint density at radius 1 is 1.05 bits per heavy atom. The maximum absolute atomic E-state index is 17.4. The summed E-state index contributed by atoms with van der Waals surface area (Å²) in [6.45, 7) is 6.26. The molecule has 0 amide bonds. The summed E-state index contributed by atoms with van der Waals surface area (Å²) in [5.41, 5.74) is -6.07. The van der Waals surface area contributed by atoms with Crippen molar-refractivity contribution in [3.8, 4) is 0 Å². The van der Waals surface area contributed by atoms with E-state index in [0.717, 1.165) is 6.08 Å². The SMILES string of the molecule is CC1(C)OC(C(=O)O)C(O)CCC(O)C(=O)[C@]2(CC[C@H]3[C@@H]4C[C@H](F)C5=CC(=O)C(Cl)=C[C@]5(C)[C@@]4(F)CC[C@@]32C)O1. The molecule has 0 bridgehead atoms. The van der Waals surface area contributed by atoms with E-state index in [4.69, 9.17) is 21.1 Å². The standard InChI is InChI=1S/C29H37ClF2O8/c1-25(2)39-22(24(37)38)19(33)5-6-20(34)23(36)29(40-25)8-7-14-15-11-18(31)16-12-21(35)17(30)13-27(16,4)28(15,32)10-9-26(14,29)3/h12-15,18-20,22,33-34H,5-11H2,1-4H3,(H,37,38)/t14-,15-,18-,19?,20?,22?,26-,27-,28+,29-/m0/s1. The number of hydrogen-bond donors (Lipinski definition) is 3. The van der Waals surface area contributed by atoms with Crippen molar-refractivity contribution in [2.45, 2.75) is 114 Å². The predicted molar refractivity (Wildman–Crippen MR) is 139 cm³/mol. The maximum atomic E-state index is 17.4. The van der Waals surface area contributed by atoms with Gasteiger partial charge >= 0.3 is 5.97 Å². The summed E-state index contributed by atoms with van der Waals surface area (Å²) in [4.78, 5) is 38.2. The Balaban J connectivity index is 1.58. The van der Waals surface area contributed by atoms with Gasteiger partial charge in [0, 0.05) is 16.7 Å². The molecule has 0 aromatic carbocycles. The van der Waals surface area contributed by atoms with Gasteiger partial charge in [0.25, 0.3) is 0 Å². The van der Waals surface area contributed by atoms with Crippen LogP contribution in [0.1, 0.15) is 72.6 Å². The number of ketones is 2. The average molecular weight is 587 g/mol. The van der Waals surface area contributed by atoms with Gasteiger partial charge in [-0.2, -0.15) is 0 Å². The largest absolute Gasteiger partial charge is 0.479 e. The lowest BCUT2D eigenvalue weighted by molar-refractivity contribution is -0.314. The number of ether oxygens (including phenoxy) is 2. The van der Waals surface area contributed by atoms with E-state index < -0.39 is 81.7 Å². The van der Waals surface area contributed by atoms with Crippen LogP contribution in [0.2, 0.25) is 0 Å². The van der Waals surface area contributed by atoms with Crippen LogP contribution in [0.25, 0.3) is 0 Å². The quantitative estimate of drug-likeness (QED) is 0.421. The fraction of sp³-hybridized carbons (Fsp3) is 0.759. The second kappa shape index (κ2) is 9.39. The Morgan fingerprint density at radius 2 is 1.73 bits per heavy atom. The molecule has 11 heteroatoms.